The number of alkyl carbamates (subject to hydrolysis) is 1. The molecule has 0 radical (unpaired) electrons. The van der Waals surface area contributed by atoms with Crippen molar-refractivity contribution in [1.82, 2.24) is 15.3 Å². The molecule has 0 aliphatic carbocycles. The molecule has 3 rings (SSSR count). The summed E-state index contributed by atoms with van der Waals surface area (Å²) in [4.78, 5) is 32.7. The Bertz CT molecular complexity index is 1230. The Morgan fingerprint density at radius 2 is 1.84 bits per heavy atom. The number of benzene rings is 1. The van der Waals surface area contributed by atoms with Crippen molar-refractivity contribution in [1.29, 1.82) is 0 Å². The monoisotopic (exact) mass is 529 g/mol. The number of hydrogen-bond donors (Lipinski definition) is 1. The van der Waals surface area contributed by atoms with E-state index in [0.29, 0.717) is 17.9 Å². The van der Waals surface area contributed by atoms with Crippen molar-refractivity contribution < 1.29 is 28.2 Å². The molecule has 0 aliphatic rings. The van der Waals surface area contributed by atoms with Gasteiger partial charge in [-0.1, -0.05) is 11.6 Å². The molecule has 8 nitrogen and oxygen atoms in total. The smallest absolute Gasteiger partial charge is 0.407 e. The van der Waals surface area contributed by atoms with Crippen LogP contribution >= 0.6 is 11.6 Å². The molecule has 0 spiro atoms. The van der Waals surface area contributed by atoms with Crippen molar-refractivity contribution in [3.05, 3.63) is 71.3 Å². The highest BCUT2D eigenvalue weighted by Gasteiger charge is 2.22. The highest BCUT2D eigenvalue weighted by molar-refractivity contribution is 6.30. The summed E-state index contributed by atoms with van der Waals surface area (Å²) in [6.45, 7) is 7.27. The zero-order valence-corrected chi connectivity index (χ0v) is 21.8. The van der Waals surface area contributed by atoms with Crippen LogP contribution in [0.25, 0.3) is 11.3 Å². The third kappa shape index (κ3) is 9.02. The van der Waals surface area contributed by atoms with Gasteiger partial charge in [-0.3, -0.25) is 9.78 Å². The molecule has 3 aromatic rings. The zero-order chi connectivity index (χ0) is 27.0. The van der Waals surface area contributed by atoms with Gasteiger partial charge < -0.3 is 19.5 Å². The van der Waals surface area contributed by atoms with E-state index in [-0.39, 0.29) is 23.9 Å². The van der Waals surface area contributed by atoms with Crippen LogP contribution in [0.4, 0.5) is 9.18 Å². The number of carbonyl (C=O) groups is 2. The van der Waals surface area contributed by atoms with E-state index >= 15 is 0 Å². The Labute approximate surface area is 220 Å². The van der Waals surface area contributed by atoms with Crippen molar-refractivity contribution in [3.63, 3.8) is 0 Å². The van der Waals surface area contributed by atoms with E-state index in [1.54, 1.807) is 58.2 Å². The Morgan fingerprint density at radius 3 is 2.49 bits per heavy atom. The third-order valence-corrected chi connectivity index (χ3v) is 5.09. The van der Waals surface area contributed by atoms with Crippen molar-refractivity contribution in [3.8, 4) is 22.9 Å². The molecule has 0 fully saturated rings. The normalized spacial score (nSPS) is 11.9. The fourth-order valence-corrected chi connectivity index (χ4v) is 3.54. The number of nitrogens with zero attached hydrogens (tertiary/aromatic N) is 2. The van der Waals surface area contributed by atoms with E-state index in [9.17, 15) is 14.0 Å². The third-order valence-electron chi connectivity index (χ3n) is 4.88. The van der Waals surface area contributed by atoms with Gasteiger partial charge in [-0.15, -0.1) is 0 Å². The lowest BCUT2D eigenvalue weighted by Crippen LogP contribution is -2.41. The van der Waals surface area contributed by atoms with Gasteiger partial charge in [0.15, 0.2) is 5.82 Å². The van der Waals surface area contributed by atoms with Gasteiger partial charge in [0.1, 0.15) is 11.4 Å². The first-order valence-corrected chi connectivity index (χ1v) is 12.1. The van der Waals surface area contributed by atoms with Gasteiger partial charge in [-0.05, 0) is 82.1 Å². The van der Waals surface area contributed by atoms with Gasteiger partial charge in [-0.25, -0.2) is 14.2 Å². The second kappa shape index (κ2) is 12.5. The van der Waals surface area contributed by atoms with Crippen LogP contribution in [0, 0.1) is 5.82 Å². The Kier molecular flexibility index (Phi) is 9.41. The van der Waals surface area contributed by atoms with Crippen molar-refractivity contribution in [2.24, 2.45) is 0 Å². The van der Waals surface area contributed by atoms with Gasteiger partial charge in [0.25, 0.3) is 5.88 Å². The molecule has 2 heterocycles. The summed E-state index contributed by atoms with van der Waals surface area (Å²) in [5.41, 5.74) is 1.64. The average molecular weight is 530 g/mol. The van der Waals surface area contributed by atoms with Gasteiger partial charge >= 0.3 is 12.1 Å². The summed E-state index contributed by atoms with van der Waals surface area (Å²) in [5, 5.41) is 2.94. The molecule has 196 valence electrons. The number of pyridine rings is 2. The minimum atomic E-state index is -0.673. The van der Waals surface area contributed by atoms with Crippen molar-refractivity contribution >= 4 is 23.7 Å². The summed E-state index contributed by atoms with van der Waals surface area (Å²) in [6.07, 6.45) is 2.69. The Hall–Kier alpha value is -3.72. The van der Waals surface area contributed by atoms with Gasteiger partial charge in [0, 0.05) is 24.0 Å². The molecule has 1 aromatic carbocycles. The standard InChI is InChI=1S/C27H29ClFN3O5/c1-5-35-24(33)15-20(32-26(34)37-27(2,3)4)12-17-10-11-30-23(13-17)18-6-8-21(9-7-18)36-25-22(29)14-19(28)16-31-25/h6-11,13-14,16,20H,5,12,15H2,1-4H3,(H,32,34)/t20-/m1/s1. The van der Waals surface area contributed by atoms with Crippen LogP contribution in [0.5, 0.6) is 11.6 Å². The molecule has 1 atom stereocenters. The predicted molar refractivity (Wildman–Crippen MR) is 137 cm³/mol. The second-order valence-electron chi connectivity index (χ2n) is 9.17. The number of rotatable bonds is 9. The SMILES string of the molecule is CCOC(=O)C[C@@H](Cc1ccnc(-c2ccc(Oc3ncc(Cl)cc3F)cc2)c1)NC(=O)OC(C)(C)C. The van der Waals surface area contributed by atoms with E-state index in [2.05, 4.69) is 15.3 Å². The fourth-order valence-electron chi connectivity index (χ4n) is 3.40. The molecular formula is C27H29ClFN3O5. The topological polar surface area (TPSA) is 99.6 Å². The molecule has 0 saturated carbocycles. The van der Waals surface area contributed by atoms with E-state index in [4.69, 9.17) is 25.8 Å². The molecule has 2 aromatic heterocycles. The lowest BCUT2D eigenvalue weighted by molar-refractivity contribution is -0.143. The minimum absolute atomic E-state index is 0.00787. The summed E-state index contributed by atoms with van der Waals surface area (Å²) >= 11 is 5.73. The first-order chi connectivity index (χ1) is 17.5. The predicted octanol–water partition coefficient (Wildman–Crippen LogP) is 6.12. The largest absolute Gasteiger partial charge is 0.466 e. The minimum Gasteiger partial charge on any atom is -0.466 e. The van der Waals surface area contributed by atoms with Crippen LogP contribution in [0.15, 0.2) is 54.9 Å². The molecule has 0 unspecified atom stereocenters. The van der Waals surface area contributed by atoms with Gasteiger partial charge in [-0.2, -0.15) is 0 Å². The fraction of sp³-hybridized carbons (Fsp3) is 0.333. The van der Waals surface area contributed by atoms with E-state index in [0.717, 1.165) is 17.2 Å². The van der Waals surface area contributed by atoms with Crippen LogP contribution in [-0.4, -0.2) is 40.3 Å². The molecule has 37 heavy (non-hydrogen) atoms. The number of nitrogens with one attached hydrogen (secondary N) is 1. The van der Waals surface area contributed by atoms with Crippen LogP contribution in [0.2, 0.25) is 5.02 Å². The molecule has 1 N–H and O–H groups in total. The highest BCUT2D eigenvalue weighted by Crippen LogP contribution is 2.27. The first kappa shape index (κ1) is 27.9. The van der Waals surface area contributed by atoms with E-state index < -0.39 is 29.5 Å². The lowest BCUT2D eigenvalue weighted by atomic mass is 10.0. The number of halogens is 2. The van der Waals surface area contributed by atoms with Crippen LogP contribution in [-0.2, 0) is 20.7 Å². The second-order valence-corrected chi connectivity index (χ2v) is 9.61. The molecule has 0 aliphatic heterocycles. The summed E-state index contributed by atoms with van der Waals surface area (Å²) in [6, 6.07) is 11.2. The molecule has 0 bridgehead atoms. The summed E-state index contributed by atoms with van der Waals surface area (Å²) < 4.78 is 29.9. The number of amides is 1. The summed E-state index contributed by atoms with van der Waals surface area (Å²) in [5.74, 6) is -0.865. The number of esters is 1. The molecule has 0 saturated heterocycles. The van der Waals surface area contributed by atoms with Crippen molar-refractivity contribution in [2.75, 3.05) is 6.61 Å². The zero-order valence-electron chi connectivity index (χ0n) is 21.1. The lowest BCUT2D eigenvalue weighted by Gasteiger charge is -2.23. The Morgan fingerprint density at radius 1 is 1.11 bits per heavy atom. The molecule has 1 amide bonds. The van der Waals surface area contributed by atoms with E-state index in [1.165, 1.54) is 6.20 Å². The van der Waals surface area contributed by atoms with Crippen LogP contribution < -0.4 is 10.1 Å². The maximum atomic E-state index is 14.0. The quantitative estimate of drug-likeness (QED) is 0.333. The number of ether oxygens (including phenoxy) is 3. The average Bonchev–Trinajstić information content (AvgIpc) is 2.80. The van der Waals surface area contributed by atoms with E-state index in [1.807, 2.05) is 12.1 Å². The number of hydrogen-bond acceptors (Lipinski definition) is 7. The number of aromatic nitrogens is 2. The van der Waals surface area contributed by atoms with Crippen LogP contribution in [0.1, 0.15) is 39.7 Å². The maximum absolute atomic E-state index is 14.0. The summed E-state index contributed by atoms with van der Waals surface area (Å²) in [7, 11) is 0. The van der Waals surface area contributed by atoms with Gasteiger partial charge in [0.2, 0.25) is 0 Å². The maximum Gasteiger partial charge on any atom is 0.407 e. The number of carbonyl (C=O) groups excluding carboxylic acids is 2. The molecular weight excluding hydrogens is 501 g/mol. The first-order valence-electron chi connectivity index (χ1n) is 11.7. The highest BCUT2D eigenvalue weighted by atomic mass is 35.5. The molecule has 10 heteroatoms. The van der Waals surface area contributed by atoms with Gasteiger partial charge in [0.05, 0.1) is 23.7 Å². The van der Waals surface area contributed by atoms with Crippen molar-refractivity contribution in [2.45, 2.75) is 52.2 Å². The Balaban J connectivity index is 1.73. The van der Waals surface area contributed by atoms with Crippen LogP contribution in [0.3, 0.4) is 0 Å².